The van der Waals surface area contributed by atoms with Crippen molar-refractivity contribution in [3.63, 3.8) is 0 Å². The van der Waals surface area contributed by atoms with E-state index in [9.17, 15) is 0 Å². The van der Waals surface area contributed by atoms with Gasteiger partial charge < -0.3 is 5.32 Å². The molecule has 1 atom stereocenters. The Morgan fingerprint density at radius 2 is 2.04 bits per heavy atom. The van der Waals surface area contributed by atoms with Gasteiger partial charge in [-0.1, -0.05) is 45.8 Å². The fourth-order valence-electron chi connectivity index (χ4n) is 2.89. The maximum absolute atomic E-state index is 4.00. The molecule has 0 aliphatic carbocycles. The molecule has 1 N–H and O–H groups in total. The third-order valence-corrected chi connectivity index (χ3v) is 4.63. The molecule has 0 fully saturated rings. The molecule has 1 aromatic carbocycles. The Hall–Kier alpha value is -1.17. The summed E-state index contributed by atoms with van der Waals surface area (Å²) in [6, 6.07) is 9.21. The zero-order valence-corrected chi connectivity index (χ0v) is 15.4. The number of rotatable bonds is 6. The van der Waals surface area contributed by atoms with Crippen molar-refractivity contribution < 1.29 is 0 Å². The molecule has 2 heterocycles. The molecular formula is C17H22BrClN4. The number of nitrogens with one attached hydrogen (secondary N) is 1. The van der Waals surface area contributed by atoms with Gasteiger partial charge >= 0.3 is 0 Å². The lowest BCUT2D eigenvalue weighted by Crippen LogP contribution is -2.32. The van der Waals surface area contributed by atoms with Crippen LogP contribution in [0, 0.1) is 0 Å². The van der Waals surface area contributed by atoms with Crippen molar-refractivity contribution in [3.8, 4) is 0 Å². The molecule has 4 nitrogen and oxygen atoms in total. The fraction of sp³-hybridized carbons (Fsp3) is 0.412. The van der Waals surface area contributed by atoms with Crippen molar-refractivity contribution >= 4 is 33.9 Å². The summed E-state index contributed by atoms with van der Waals surface area (Å²) in [7, 11) is 0. The minimum absolute atomic E-state index is 0. The highest BCUT2D eigenvalue weighted by Gasteiger charge is 2.15. The van der Waals surface area contributed by atoms with Gasteiger partial charge in [0.25, 0.3) is 0 Å². The number of aryl methyl sites for hydroxylation is 1. The van der Waals surface area contributed by atoms with Crippen LogP contribution in [0.25, 0.3) is 5.57 Å². The van der Waals surface area contributed by atoms with Gasteiger partial charge in [0.2, 0.25) is 0 Å². The summed E-state index contributed by atoms with van der Waals surface area (Å²) in [4.78, 5) is 0. The lowest BCUT2D eigenvalue weighted by molar-refractivity contribution is 0.453. The summed E-state index contributed by atoms with van der Waals surface area (Å²) in [5.41, 5.74) is 2.81. The van der Waals surface area contributed by atoms with Crippen LogP contribution in [0.2, 0.25) is 0 Å². The minimum atomic E-state index is 0. The summed E-state index contributed by atoms with van der Waals surface area (Å²) >= 11 is 3.50. The minimum Gasteiger partial charge on any atom is -0.310 e. The maximum Gasteiger partial charge on any atom is 0.0692 e. The van der Waals surface area contributed by atoms with Crippen LogP contribution in [0.15, 0.2) is 47.2 Å². The number of unbranched alkanes of at least 4 members (excludes halogenated alkanes) is 1. The van der Waals surface area contributed by atoms with E-state index in [0.717, 1.165) is 30.4 Å². The molecule has 0 saturated carbocycles. The van der Waals surface area contributed by atoms with Crippen LogP contribution >= 0.6 is 28.3 Å². The molecule has 1 aromatic heterocycles. The Labute approximate surface area is 151 Å². The first-order valence-corrected chi connectivity index (χ1v) is 8.63. The average molecular weight is 398 g/mol. The first-order valence-electron chi connectivity index (χ1n) is 7.84. The zero-order valence-electron chi connectivity index (χ0n) is 13.0. The summed E-state index contributed by atoms with van der Waals surface area (Å²) in [5, 5.41) is 11.4. The predicted octanol–water partition coefficient (Wildman–Crippen LogP) is 4.08. The normalized spacial score (nSPS) is 17.4. The van der Waals surface area contributed by atoms with Crippen molar-refractivity contribution in [1.29, 1.82) is 0 Å². The van der Waals surface area contributed by atoms with E-state index in [1.54, 1.807) is 6.20 Å². The van der Waals surface area contributed by atoms with Crippen molar-refractivity contribution in [2.75, 3.05) is 6.54 Å². The number of aromatic nitrogens is 3. The lowest BCUT2D eigenvalue weighted by atomic mass is 9.93. The van der Waals surface area contributed by atoms with Gasteiger partial charge in [-0.25, -0.2) is 0 Å². The maximum atomic E-state index is 4.00. The van der Waals surface area contributed by atoms with E-state index in [1.807, 2.05) is 10.9 Å². The van der Waals surface area contributed by atoms with Gasteiger partial charge in [-0.05, 0) is 42.5 Å². The highest BCUT2D eigenvalue weighted by atomic mass is 79.9. The molecule has 1 aliphatic rings. The van der Waals surface area contributed by atoms with Gasteiger partial charge in [0.1, 0.15) is 0 Å². The topological polar surface area (TPSA) is 42.7 Å². The zero-order chi connectivity index (χ0) is 15.2. The van der Waals surface area contributed by atoms with E-state index >= 15 is 0 Å². The third kappa shape index (κ3) is 5.44. The van der Waals surface area contributed by atoms with Crippen molar-refractivity contribution in [3.05, 3.63) is 52.8 Å². The smallest absolute Gasteiger partial charge is 0.0692 e. The van der Waals surface area contributed by atoms with Gasteiger partial charge in [0.15, 0.2) is 0 Å². The highest BCUT2D eigenvalue weighted by molar-refractivity contribution is 9.10. The Bertz CT molecular complexity index is 610. The molecular weight excluding hydrogens is 376 g/mol. The van der Waals surface area contributed by atoms with Crippen LogP contribution in [0.5, 0.6) is 0 Å². The van der Waals surface area contributed by atoms with E-state index in [0.29, 0.717) is 6.04 Å². The number of halogens is 2. The van der Waals surface area contributed by atoms with Crippen LogP contribution in [0.4, 0.5) is 0 Å². The highest BCUT2D eigenvalue weighted by Crippen LogP contribution is 2.25. The largest absolute Gasteiger partial charge is 0.310 e. The molecule has 124 valence electrons. The number of hydrogen-bond acceptors (Lipinski definition) is 3. The van der Waals surface area contributed by atoms with Gasteiger partial charge in [0, 0.05) is 29.8 Å². The second-order valence-electron chi connectivity index (χ2n) is 5.71. The predicted molar refractivity (Wildman–Crippen MR) is 99.6 cm³/mol. The van der Waals surface area contributed by atoms with Crippen LogP contribution in [-0.2, 0) is 6.54 Å². The number of nitrogens with zero attached hydrogens (tertiary/aromatic N) is 3. The average Bonchev–Trinajstić information content (AvgIpc) is 3.06. The molecule has 3 rings (SSSR count). The molecule has 2 aromatic rings. The SMILES string of the molecule is Brc1ccc(C2=CCNC(CCCCn3ccnn3)C2)cc1.Cl. The van der Waals surface area contributed by atoms with Crippen LogP contribution in [-0.4, -0.2) is 27.6 Å². The van der Waals surface area contributed by atoms with Gasteiger partial charge in [0.05, 0.1) is 6.20 Å². The standard InChI is InChI=1S/C17H21BrN4.ClH/c18-16-6-4-14(5-7-16)15-8-9-19-17(13-15)3-1-2-11-22-12-10-20-21-22;/h4-8,10,12,17,19H,1-3,9,11,13H2;1H. The Morgan fingerprint density at radius 3 is 2.78 bits per heavy atom. The molecule has 1 unspecified atom stereocenters. The second kappa shape index (κ2) is 9.21. The Balaban J connectivity index is 0.00000192. The quantitative estimate of drug-likeness (QED) is 0.747. The molecule has 0 spiro atoms. The molecule has 0 radical (unpaired) electrons. The van der Waals surface area contributed by atoms with Crippen molar-refractivity contribution in [2.45, 2.75) is 38.3 Å². The molecule has 0 bridgehead atoms. The fourth-order valence-corrected chi connectivity index (χ4v) is 3.15. The van der Waals surface area contributed by atoms with E-state index in [2.05, 4.69) is 61.9 Å². The molecule has 23 heavy (non-hydrogen) atoms. The summed E-state index contributed by atoms with van der Waals surface area (Å²) in [5.74, 6) is 0. The van der Waals surface area contributed by atoms with E-state index in [-0.39, 0.29) is 12.4 Å². The first-order chi connectivity index (χ1) is 10.8. The van der Waals surface area contributed by atoms with E-state index < -0.39 is 0 Å². The van der Waals surface area contributed by atoms with Gasteiger partial charge in [-0.15, -0.1) is 17.5 Å². The lowest BCUT2D eigenvalue weighted by Gasteiger charge is -2.24. The molecule has 6 heteroatoms. The third-order valence-electron chi connectivity index (χ3n) is 4.10. The Kier molecular flexibility index (Phi) is 7.27. The summed E-state index contributed by atoms with van der Waals surface area (Å²) < 4.78 is 3.04. The van der Waals surface area contributed by atoms with Crippen LogP contribution < -0.4 is 5.32 Å². The molecule has 0 saturated heterocycles. The van der Waals surface area contributed by atoms with Crippen LogP contribution in [0.3, 0.4) is 0 Å². The first kappa shape index (κ1) is 18.2. The summed E-state index contributed by atoms with van der Waals surface area (Å²) in [6.07, 6.45) is 10.7. The van der Waals surface area contributed by atoms with Crippen LogP contribution in [0.1, 0.15) is 31.2 Å². The molecule has 1 aliphatic heterocycles. The number of benzene rings is 1. The summed E-state index contributed by atoms with van der Waals surface area (Å²) in [6.45, 7) is 1.93. The monoisotopic (exact) mass is 396 g/mol. The van der Waals surface area contributed by atoms with Gasteiger partial charge in [-0.3, -0.25) is 4.68 Å². The molecule has 0 amide bonds. The number of hydrogen-bond donors (Lipinski definition) is 1. The van der Waals surface area contributed by atoms with E-state index in [1.165, 1.54) is 24.0 Å². The second-order valence-corrected chi connectivity index (χ2v) is 6.62. The van der Waals surface area contributed by atoms with E-state index in [4.69, 9.17) is 0 Å². The van der Waals surface area contributed by atoms with Gasteiger partial charge in [-0.2, -0.15) is 0 Å². The van der Waals surface area contributed by atoms with Crippen molar-refractivity contribution in [1.82, 2.24) is 20.3 Å². The van der Waals surface area contributed by atoms with Crippen molar-refractivity contribution in [2.24, 2.45) is 0 Å². The Morgan fingerprint density at radius 1 is 1.22 bits per heavy atom.